The number of benzene rings is 2. The number of ether oxygens (including phenoxy) is 1. The number of aryl methyl sites for hydroxylation is 2. The first-order valence-electron chi connectivity index (χ1n) is 11.4. The lowest BCUT2D eigenvalue weighted by atomic mass is 9.94. The molecular formula is C26H26F3N3O2. The average molecular weight is 470 g/mol. The summed E-state index contributed by atoms with van der Waals surface area (Å²) in [5.41, 5.74) is 3.39. The van der Waals surface area contributed by atoms with Gasteiger partial charge in [0.15, 0.2) is 0 Å². The highest BCUT2D eigenvalue weighted by Crippen LogP contribution is 2.50. The summed E-state index contributed by atoms with van der Waals surface area (Å²) in [5, 5.41) is 4.62. The van der Waals surface area contributed by atoms with Crippen molar-refractivity contribution in [3.8, 4) is 5.75 Å². The maximum Gasteiger partial charge on any atom is 0.573 e. The Bertz CT molecular complexity index is 1240. The summed E-state index contributed by atoms with van der Waals surface area (Å²) in [7, 11) is 0. The molecule has 1 unspecified atom stereocenters. The number of amides is 1. The van der Waals surface area contributed by atoms with E-state index in [1.165, 1.54) is 17.7 Å². The SMILES string of the molecule is Cc1ccc2nc(NC3CCN(C(=O)C4(c5ccc(OC(F)(F)F)cc5)CC4)C3)cc(C)c2c1. The fourth-order valence-electron chi connectivity index (χ4n) is 4.88. The number of alkyl halides is 3. The lowest BCUT2D eigenvalue weighted by Crippen LogP contribution is -2.39. The third kappa shape index (κ3) is 4.41. The number of pyridine rings is 1. The molecule has 1 saturated carbocycles. The van der Waals surface area contributed by atoms with Crippen molar-refractivity contribution in [2.45, 2.75) is 50.9 Å². The summed E-state index contributed by atoms with van der Waals surface area (Å²) in [4.78, 5) is 20.0. The molecule has 2 fully saturated rings. The molecule has 1 aromatic heterocycles. The van der Waals surface area contributed by atoms with Crippen LogP contribution in [0.5, 0.6) is 5.75 Å². The molecule has 178 valence electrons. The number of hydrogen-bond donors (Lipinski definition) is 1. The smallest absolute Gasteiger partial charge is 0.406 e. The van der Waals surface area contributed by atoms with Crippen molar-refractivity contribution in [2.75, 3.05) is 18.4 Å². The van der Waals surface area contributed by atoms with Gasteiger partial charge in [-0.1, -0.05) is 23.8 Å². The van der Waals surface area contributed by atoms with Gasteiger partial charge in [0.25, 0.3) is 0 Å². The summed E-state index contributed by atoms with van der Waals surface area (Å²) in [6.07, 6.45) is -2.52. The molecule has 1 saturated heterocycles. The highest BCUT2D eigenvalue weighted by molar-refractivity contribution is 5.91. The van der Waals surface area contributed by atoms with Crippen LogP contribution in [0.2, 0.25) is 0 Å². The van der Waals surface area contributed by atoms with E-state index in [1.54, 1.807) is 12.1 Å². The van der Waals surface area contributed by atoms with Gasteiger partial charge in [-0.25, -0.2) is 4.98 Å². The van der Waals surface area contributed by atoms with Crippen molar-refractivity contribution < 1.29 is 22.7 Å². The van der Waals surface area contributed by atoms with Gasteiger partial charge in [-0.15, -0.1) is 13.2 Å². The highest BCUT2D eigenvalue weighted by atomic mass is 19.4. The quantitative estimate of drug-likeness (QED) is 0.537. The van der Waals surface area contributed by atoms with Crippen LogP contribution in [0, 0.1) is 13.8 Å². The minimum absolute atomic E-state index is 0.0411. The van der Waals surface area contributed by atoms with Crippen LogP contribution in [0.1, 0.15) is 36.0 Å². The first-order valence-corrected chi connectivity index (χ1v) is 11.4. The molecule has 8 heteroatoms. The van der Waals surface area contributed by atoms with Gasteiger partial charge in [0.05, 0.1) is 10.9 Å². The number of fused-ring (bicyclic) bond motifs is 1. The molecule has 1 atom stereocenters. The van der Waals surface area contributed by atoms with E-state index in [2.05, 4.69) is 30.0 Å². The number of likely N-dealkylation sites (tertiary alicyclic amines) is 1. The molecule has 34 heavy (non-hydrogen) atoms. The Kier molecular flexibility index (Phi) is 5.41. The molecule has 2 aliphatic rings. The lowest BCUT2D eigenvalue weighted by Gasteiger charge is -2.24. The van der Waals surface area contributed by atoms with Gasteiger partial charge >= 0.3 is 6.36 Å². The zero-order valence-electron chi connectivity index (χ0n) is 19.1. The second-order valence-corrected chi connectivity index (χ2v) is 9.38. The molecule has 3 aromatic rings. The van der Waals surface area contributed by atoms with E-state index in [0.29, 0.717) is 25.9 Å². The van der Waals surface area contributed by atoms with Gasteiger partial charge in [0.2, 0.25) is 5.91 Å². The summed E-state index contributed by atoms with van der Waals surface area (Å²) < 4.78 is 41.3. The van der Waals surface area contributed by atoms with Crippen LogP contribution in [0.25, 0.3) is 10.9 Å². The molecule has 0 spiro atoms. The first-order chi connectivity index (χ1) is 16.1. The second-order valence-electron chi connectivity index (χ2n) is 9.38. The van der Waals surface area contributed by atoms with Crippen molar-refractivity contribution in [3.63, 3.8) is 0 Å². The molecule has 1 aliphatic heterocycles. The molecule has 2 heterocycles. The van der Waals surface area contributed by atoms with Gasteiger partial charge in [0.1, 0.15) is 11.6 Å². The predicted molar refractivity (Wildman–Crippen MR) is 124 cm³/mol. The Morgan fingerprint density at radius 3 is 2.53 bits per heavy atom. The number of nitrogens with zero attached hydrogens (tertiary/aromatic N) is 2. The Morgan fingerprint density at radius 1 is 1.12 bits per heavy atom. The van der Waals surface area contributed by atoms with E-state index in [-0.39, 0.29) is 17.7 Å². The number of nitrogens with one attached hydrogen (secondary N) is 1. The summed E-state index contributed by atoms with van der Waals surface area (Å²) in [6.45, 7) is 5.34. The predicted octanol–water partition coefficient (Wildman–Crippen LogP) is 5.49. The Hall–Kier alpha value is -3.29. The van der Waals surface area contributed by atoms with Gasteiger partial charge in [-0.3, -0.25) is 4.79 Å². The summed E-state index contributed by atoms with van der Waals surface area (Å²) >= 11 is 0. The zero-order chi connectivity index (χ0) is 24.1. The molecule has 5 rings (SSSR count). The van der Waals surface area contributed by atoms with E-state index >= 15 is 0 Å². The largest absolute Gasteiger partial charge is 0.573 e. The molecular weight excluding hydrogens is 443 g/mol. The van der Waals surface area contributed by atoms with Gasteiger partial charge in [0, 0.05) is 24.5 Å². The maximum atomic E-state index is 13.4. The van der Waals surface area contributed by atoms with Crippen LogP contribution in [0.4, 0.5) is 19.0 Å². The number of carbonyl (C=O) groups is 1. The fourth-order valence-corrected chi connectivity index (χ4v) is 4.88. The number of anilines is 1. The van der Waals surface area contributed by atoms with Crippen LogP contribution in [0.15, 0.2) is 48.5 Å². The van der Waals surface area contributed by atoms with Crippen molar-refractivity contribution in [1.82, 2.24) is 9.88 Å². The minimum atomic E-state index is -4.73. The normalized spacial score (nSPS) is 19.3. The maximum absolute atomic E-state index is 13.4. The number of halogens is 3. The second kappa shape index (κ2) is 8.18. The van der Waals surface area contributed by atoms with E-state index in [0.717, 1.165) is 34.3 Å². The molecule has 1 aliphatic carbocycles. The fraction of sp³-hybridized carbons (Fsp3) is 0.385. The first kappa shape index (κ1) is 22.5. The minimum Gasteiger partial charge on any atom is -0.406 e. The topological polar surface area (TPSA) is 54.5 Å². The van der Waals surface area contributed by atoms with Crippen molar-refractivity contribution in [1.29, 1.82) is 0 Å². The molecule has 1 N–H and O–H groups in total. The third-order valence-corrected chi connectivity index (χ3v) is 6.80. The molecule has 2 aromatic carbocycles. The van der Waals surface area contributed by atoms with Crippen molar-refractivity contribution >= 4 is 22.6 Å². The molecule has 1 amide bonds. The van der Waals surface area contributed by atoms with Crippen molar-refractivity contribution in [2.24, 2.45) is 0 Å². The average Bonchev–Trinajstić information content (AvgIpc) is 3.46. The summed E-state index contributed by atoms with van der Waals surface area (Å²) in [6, 6.07) is 14.0. The zero-order valence-corrected chi connectivity index (χ0v) is 19.1. The third-order valence-electron chi connectivity index (χ3n) is 6.80. The van der Waals surface area contributed by atoms with E-state index < -0.39 is 11.8 Å². The number of carbonyl (C=O) groups excluding carboxylic acids is 1. The lowest BCUT2D eigenvalue weighted by molar-refractivity contribution is -0.274. The van der Waals surface area contributed by atoms with Crippen LogP contribution in [-0.4, -0.2) is 41.3 Å². The molecule has 0 bridgehead atoms. The van der Waals surface area contributed by atoms with Crippen LogP contribution in [-0.2, 0) is 10.2 Å². The standard InChI is InChI=1S/C26H26F3N3O2/c1-16-3-8-22-21(13-16)17(2)14-23(31-22)30-19-9-12-32(15-19)24(33)25(10-11-25)18-4-6-20(7-5-18)34-26(27,28)29/h3-8,13-14,19H,9-12,15H2,1-2H3,(H,30,31). The van der Waals surface area contributed by atoms with Crippen molar-refractivity contribution in [3.05, 3.63) is 65.2 Å². The molecule has 0 radical (unpaired) electrons. The molecule has 5 nitrogen and oxygen atoms in total. The number of rotatable bonds is 5. The van der Waals surface area contributed by atoms with E-state index in [9.17, 15) is 18.0 Å². The highest BCUT2D eigenvalue weighted by Gasteiger charge is 2.53. The monoisotopic (exact) mass is 469 g/mol. The Balaban J connectivity index is 1.25. The Labute approximate surface area is 195 Å². The van der Waals surface area contributed by atoms with Crippen LogP contribution < -0.4 is 10.1 Å². The van der Waals surface area contributed by atoms with Gasteiger partial charge in [-0.05, 0) is 74.6 Å². The van der Waals surface area contributed by atoms with E-state index in [1.807, 2.05) is 23.1 Å². The number of hydrogen-bond acceptors (Lipinski definition) is 4. The van der Waals surface area contributed by atoms with Crippen LogP contribution in [0.3, 0.4) is 0 Å². The number of aromatic nitrogens is 1. The summed E-state index contributed by atoms with van der Waals surface area (Å²) in [5.74, 6) is 0.562. The van der Waals surface area contributed by atoms with Crippen LogP contribution >= 0.6 is 0 Å². The van der Waals surface area contributed by atoms with Gasteiger partial charge < -0.3 is 15.0 Å². The Morgan fingerprint density at radius 2 is 1.85 bits per heavy atom. The van der Waals surface area contributed by atoms with Gasteiger partial charge in [-0.2, -0.15) is 0 Å². The van der Waals surface area contributed by atoms with E-state index in [4.69, 9.17) is 4.98 Å².